The van der Waals surface area contributed by atoms with Gasteiger partial charge in [0.1, 0.15) is 12.3 Å². The third kappa shape index (κ3) is 6.13. The highest BCUT2D eigenvalue weighted by Gasteiger charge is 2.30. The normalized spacial score (nSPS) is 11.9. The quantitative estimate of drug-likeness (QED) is 0.380. The van der Waals surface area contributed by atoms with Crippen LogP contribution in [0.5, 0.6) is 5.75 Å². The highest BCUT2D eigenvalue weighted by Crippen LogP contribution is 2.29. The molecule has 0 heterocycles. The van der Waals surface area contributed by atoms with Crippen molar-refractivity contribution in [3.05, 3.63) is 90.0 Å². The monoisotopic (exact) mass is 491 g/mol. The standard InChI is InChI=1S/C23H20F3N3O4S/c1-33-20-10-12-21(13-11-20)34(31,32)29(19-8-3-2-4-9-19)16-22(30)28-27-15-17-6-5-7-18(14-17)23(24,25)26/h2-15H,16H2,1H3,(H,28,30)/b27-15-. The molecule has 0 aliphatic rings. The molecule has 0 unspecified atom stereocenters. The molecule has 1 amide bonds. The van der Waals surface area contributed by atoms with Gasteiger partial charge in [0.2, 0.25) is 0 Å². The second-order valence-corrected chi connectivity index (χ2v) is 8.80. The zero-order chi connectivity index (χ0) is 24.8. The van der Waals surface area contributed by atoms with Gasteiger partial charge in [-0.15, -0.1) is 0 Å². The first kappa shape index (κ1) is 24.8. The summed E-state index contributed by atoms with van der Waals surface area (Å²) in [6, 6.07) is 18.1. The Bertz CT molecular complexity index is 1260. The van der Waals surface area contributed by atoms with Crippen LogP contribution in [0.1, 0.15) is 11.1 Å². The number of carbonyl (C=O) groups excluding carboxylic acids is 1. The smallest absolute Gasteiger partial charge is 0.416 e. The molecule has 34 heavy (non-hydrogen) atoms. The van der Waals surface area contributed by atoms with Crippen molar-refractivity contribution in [1.29, 1.82) is 0 Å². The second kappa shape index (κ2) is 10.4. The Balaban J connectivity index is 1.79. The third-order valence-electron chi connectivity index (χ3n) is 4.60. The molecule has 11 heteroatoms. The van der Waals surface area contributed by atoms with Gasteiger partial charge in [0.05, 0.1) is 29.5 Å². The molecule has 3 aromatic carbocycles. The fraction of sp³-hybridized carbons (Fsp3) is 0.130. The number of hydrogen-bond donors (Lipinski definition) is 1. The third-order valence-corrected chi connectivity index (χ3v) is 6.38. The molecule has 0 fully saturated rings. The van der Waals surface area contributed by atoms with E-state index in [0.717, 1.165) is 22.7 Å². The average molecular weight is 491 g/mol. The van der Waals surface area contributed by atoms with Gasteiger partial charge in [-0.2, -0.15) is 18.3 Å². The van der Waals surface area contributed by atoms with Gasteiger partial charge < -0.3 is 4.74 Å². The number of alkyl halides is 3. The fourth-order valence-corrected chi connectivity index (χ4v) is 4.35. The van der Waals surface area contributed by atoms with Crippen LogP contribution < -0.4 is 14.5 Å². The number of hydrazone groups is 1. The summed E-state index contributed by atoms with van der Waals surface area (Å²) in [4.78, 5) is 12.4. The number of nitrogens with one attached hydrogen (secondary N) is 1. The number of hydrogen-bond acceptors (Lipinski definition) is 5. The maximum Gasteiger partial charge on any atom is 0.416 e. The van der Waals surface area contributed by atoms with E-state index in [1.54, 1.807) is 18.2 Å². The maximum absolute atomic E-state index is 13.3. The van der Waals surface area contributed by atoms with E-state index in [2.05, 4.69) is 10.5 Å². The molecule has 0 aromatic heterocycles. The van der Waals surface area contributed by atoms with Crippen LogP contribution in [0.25, 0.3) is 0 Å². The van der Waals surface area contributed by atoms with E-state index in [1.165, 1.54) is 55.6 Å². The summed E-state index contributed by atoms with van der Waals surface area (Å²) < 4.78 is 71.0. The summed E-state index contributed by atoms with van der Waals surface area (Å²) in [6.45, 7) is -0.613. The zero-order valence-electron chi connectivity index (χ0n) is 17.9. The number of amides is 1. The van der Waals surface area contributed by atoms with Crippen molar-refractivity contribution in [3.63, 3.8) is 0 Å². The largest absolute Gasteiger partial charge is 0.497 e. The van der Waals surface area contributed by atoms with E-state index < -0.39 is 34.2 Å². The predicted octanol–water partition coefficient (Wildman–Crippen LogP) is 4.06. The van der Waals surface area contributed by atoms with Crippen molar-refractivity contribution in [2.75, 3.05) is 18.0 Å². The Labute approximate surface area is 194 Å². The molecule has 3 aromatic rings. The molecule has 0 bridgehead atoms. The Morgan fingerprint density at radius 2 is 1.71 bits per heavy atom. The van der Waals surface area contributed by atoms with E-state index >= 15 is 0 Å². The molecular formula is C23H20F3N3O4S. The number of para-hydroxylation sites is 1. The fourth-order valence-electron chi connectivity index (χ4n) is 2.92. The molecule has 178 valence electrons. The van der Waals surface area contributed by atoms with Crippen LogP contribution in [-0.2, 0) is 21.0 Å². The summed E-state index contributed by atoms with van der Waals surface area (Å²) in [6.07, 6.45) is -3.48. The minimum atomic E-state index is -4.51. The lowest BCUT2D eigenvalue weighted by atomic mass is 10.1. The number of carbonyl (C=O) groups is 1. The molecule has 3 rings (SSSR count). The highest BCUT2D eigenvalue weighted by atomic mass is 32.2. The van der Waals surface area contributed by atoms with Crippen LogP contribution in [0.15, 0.2) is 88.9 Å². The number of anilines is 1. The van der Waals surface area contributed by atoms with Gasteiger partial charge in [-0.25, -0.2) is 13.8 Å². The van der Waals surface area contributed by atoms with Gasteiger partial charge in [0.15, 0.2) is 0 Å². The average Bonchev–Trinajstić information content (AvgIpc) is 2.82. The molecular weight excluding hydrogens is 471 g/mol. The van der Waals surface area contributed by atoms with Gasteiger partial charge >= 0.3 is 6.18 Å². The van der Waals surface area contributed by atoms with E-state index in [4.69, 9.17) is 4.74 Å². The topological polar surface area (TPSA) is 88.1 Å². The first-order chi connectivity index (χ1) is 16.1. The van der Waals surface area contributed by atoms with Gasteiger partial charge in [0.25, 0.3) is 15.9 Å². The SMILES string of the molecule is COc1ccc(S(=O)(=O)N(CC(=O)N/N=C\c2cccc(C(F)(F)F)c2)c2ccccc2)cc1. The molecule has 0 aliphatic carbocycles. The minimum Gasteiger partial charge on any atom is -0.497 e. The van der Waals surface area contributed by atoms with Gasteiger partial charge in [0, 0.05) is 0 Å². The number of sulfonamides is 1. The molecule has 0 aliphatic heterocycles. The Hall–Kier alpha value is -3.86. The summed E-state index contributed by atoms with van der Waals surface area (Å²) in [5, 5.41) is 3.66. The van der Waals surface area contributed by atoms with Crippen molar-refractivity contribution in [2.24, 2.45) is 5.10 Å². The Morgan fingerprint density at radius 3 is 2.32 bits per heavy atom. The Morgan fingerprint density at radius 1 is 1.03 bits per heavy atom. The van der Waals surface area contributed by atoms with Crippen LogP contribution in [0, 0.1) is 0 Å². The predicted molar refractivity (Wildman–Crippen MR) is 121 cm³/mol. The molecule has 0 atom stereocenters. The zero-order valence-corrected chi connectivity index (χ0v) is 18.7. The number of halogens is 3. The van der Waals surface area contributed by atoms with Crippen LogP contribution in [0.4, 0.5) is 18.9 Å². The lowest BCUT2D eigenvalue weighted by Crippen LogP contribution is -2.39. The lowest BCUT2D eigenvalue weighted by Gasteiger charge is -2.23. The van der Waals surface area contributed by atoms with Crippen molar-refractivity contribution in [2.45, 2.75) is 11.1 Å². The number of ether oxygens (including phenoxy) is 1. The molecule has 0 saturated heterocycles. The summed E-state index contributed by atoms with van der Waals surface area (Å²) in [5.41, 5.74) is 1.65. The van der Waals surface area contributed by atoms with Gasteiger partial charge in [-0.1, -0.05) is 30.3 Å². The van der Waals surface area contributed by atoms with Crippen LogP contribution in [0.3, 0.4) is 0 Å². The molecule has 0 saturated carbocycles. The summed E-state index contributed by atoms with van der Waals surface area (Å²) in [5.74, 6) is -0.323. The number of methoxy groups -OCH3 is 1. The van der Waals surface area contributed by atoms with Crippen LogP contribution >= 0.6 is 0 Å². The van der Waals surface area contributed by atoms with Gasteiger partial charge in [-0.3, -0.25) is 9.10 Å². The van der Waals surface area contributed by atoms with Crippen molar-refractivity contribution in [1.82, 2.24) is 5.43 Å². The van der Waals surface area contributed by atoms with Crippen molar-refractivity contribution in [3.8, 4) is 5.75 Å². The van der Waals surface area contributed by atoms with Crippen molar-refractivity contribution >= 4 is 27.8 Å². The lowest BCUT2D eigenvalue weighted by molar-refractivity contribution is -0.137. The molecule has 0 spiro atoms. The first-order valence-corrected chi connectivity index (χ1v) is 11.3. The maximum atomic E-state index is 13.3. The van der Waals surface area contributed by atoms with E-state index in [-0.39, 0.29) is 16.1 Å². The van der Waals surface area contributed by atoms with E-state index in [1.807, 2.05) is 0 Å². The number of rotatable bonds is 8. The number of benzene rings is 3. The molecule has 7 nitrogen and oxygen atoms in total. The summed E-state index contributed by atoms with van der Waals surface area (Å²) in [7, 11) is -2.68. The number of nitrogens with zero attached hydrogens (tertiary/aromatic N) is 2. The van der Waals surface area contributed by atoms with Crippen molar-refractivity contribution < 1.29 is 31.1 Å². The van der Waals surface area contributed by atoms with Crippen LogP contribution in [0.2, 0.25) is 0 Å². The molecule has 0 radical (unpaired) electrons. The van der Waals surface area contributed by atoms with E-state index in [9.17, 15) is 26.4 Å². The first-order valence-electron chi connectivity index (χ1n) is 9.82. The van der Waals surface area contributed by atoms with Crippen LogP contribution in [-0.4, -0.2) is 34.2 Å². The van der Waals surface area contributed by atoms with E-state index in [0.29, 0.717) is 5.75 Å². The second-order valence-electron chi connectivity index (χ2n) is 6.94. The Kier molecular flexibility index (Phi) is 7.57. The summed E-state index contributed by atoms with van der Waals surface area (Å²) >= 11 is 0. The minimum absolute atomic E-state index is 0.0579. The highest BCUT2D eigenvalue weighted by molar-refractivity contribution is 7.92. The van der Waals surface area contributed by atoms with Gasteiger partial charge in [-0.05, 0) is 54.1 Å². The molecule has 1 N–H and O–H groups in total.